The highest BCUT2D eigenvalue weighted by Gasteiger charge is 2.22. The minimum Gasteiger partial charge on any atom is -0.421 e. The first kappa shape index (κ1) is 13.0. The molecule has 1 aromatic heterocycles. The second-order valence-electron chi connectivity index (χ2n) is 5.04. The van der Waals surface area contributed by atoms with Gasteiger partial charge in [-0.1, -0.05) is 48.5 Å². The molecule has 3 aromatic rings. The zero-order valence-corrected chi connectivity index (χ0v) is 12.5. The van der Waals surface area contributed by atoms with Crippen molar-refractivity contribution in [1.29, 1.82) is 0 Å². The molecule has 106 valence electrons. The number of thiophene rings is 1. The zero-order valence-electron chi connectivity index (χ0n) is 11.7. The van der Waals surface area contributed by atoms with Gasteiger partial charge in [0.25, 0.3) is 0 Å². The van der Waals surface area contributed by atoms with Gasteiger partial charge in [-0.2, -0.15) is 0 Å². The van der Waals surface area contributed by atoms with Gasteiger partial charge in [-0.3, -0.25) is 0 Å². The number of benzene rings is 2. The normalized spacial score (nSPS) is 16.1. The molecule has 0 spiro atoms. The van der Waals surface area contributed by atoms with Crippen LogP contribution in [0.25, 0.3) is 22.6 Å². The molecule has 22 heavy (non-hydrogen) atoms. The third-order valence-corrected chi connectivity index (χ3v) is 4.51. The van der Waals surface area contributed by atoms with Gasteiger partial charge in [0.05, 0.1) is 10.5 Å². The van der Waals surface area contributed by atoms with Crippen LogP contribution in [-0.4, -0.2) is 5.97 Å². The van der Waals surface area contributed by atoms with Gasteiger partial charge in [0, 0.05) is 0 Å². The smallest absolute Gasteiger partial charge is 0.343 e. The molecule has 0 N–H and O–H groups in total. The Morgan fingerprint density at radius 3 is 2.68 bits per heavy atom. The summed E-state index contributed by atoms with van der Waals surface area (Å²) in [5.74, 6) is 0.336. The van der Waals surface area contributed by atoms with Crippen LogP contribution in [0.4, 0.5) is 0 Å². The molecule has 0 saturated carbocycles. The average molecular weight is 304 g/mol. The topological polar surface area (TPSA) is 26.3 Å². The van der Waals surface area contributed by atoms with E-state index in [1.807, 2.05) is 53.9 Å². The summed E-state index contributed by atoms with van der Waals surface area (Å²) < 4.78 is 5.37. The molecule has 0 saturated heterocycles. The van der Waals surface area contributed by atoms with Gasteiger partial charge in [-0.15, -0.1) is 11.3 Å². The third kappa shape index (κ3) is 2.26. The molecule has 0 fully saturated rings. The zero-order chi connectivity index (χ0) is 14.9. The van der Waals surface area contributed by atoms with Crippen LogP contribution in [0.2, 0.25) is 0 Å². The summed E-state index contributed by atoms with van der Waals surface area (Å²) in [5.41, 5.74) is 1.61. The Morgan fingerprint density at radius 1 is 0.955 bits per heavy atom. The van der Waals surface area contributed by atoms with Gasteiger partial charge < -0.3 is 4.74 Å². The fourth-order valence-electron chi connectivity index (χ4n) is 2.57. The van der Waals surface area contributed by atoms with Gasteiger partial charge in [-0.05, 0) is 39.9 Å². The van der Waals surface area contributed by atoms with Crippen LogP contribution in [-0.2, 0) is 9.53 Å². The molecule has 0 unspecified atom stereocenters. The highest BCUT2D eigenvalue weighted by Crippen LogP contribution is 2.31. The van der Waals surface area contributed by atoms with Gasteiger partial charge in [-0.25, -0.2) is 4.79 Å². The van der Waals surface area contributed by atoms with Gasteiger partial charge in [0.2, 0.25) is 0 Å². The van der Waals surface area contributed by atoms with Crippen molar-refractivity contribution in [3.63, 3.8) is 0 Å². The van der Waals surface area contributed by atoms with E-state index in [0.29, 0.717) is 11.3 Å². The van der Waals surface area contributed by atoms with Crippen molar-refractivity contribution in [2.45, 2.75) is 0 Å². The maximum atomic E-state index is 12.1. The summed E-state index contributed by atoms with van der Waals surface area (Å²) >= 11 is 1.56. The third-order valence-electron chi connectivity index (χ3n) is 3.62. The number of rotatable bonds is 2. The summed E-state index contributed by atoms with van der Waals surface area (Å²) in [6, 6.07) is 18.1. The lowest BCUT2D eigenvalue weighted by Gasteiger charge is -2.02. The Hall–Kier alpha value is -2.65. The molecule has 3 heteroatoms. The molecular formula is C19H12O2S. The van der Waals surface area contributed by atoms with Crippen molar-refractivity contribution in [2.75, 3.05) is 0 Å². The largest absolute Gasteiger partial charge is 0.421 e. The molecule has 2 aromatic carbocycles. The SMILES string of the molecule is O=C1OC(c2cccs2)=C/C1=C\c1cccc2ccccc12. The van der Waals surface area contributed by atoms with E-state index in [-0.39, 0.29) is 5.97 Å². The first-order valence-electron chi connectivity index (χ1n) is 6.98. The lowest BCUT2D eigenvalue weighted by atomic mass is 10.0. The van der Waals surface area contributed by atoms with Crippen LogP contribution in [0.15, 0.2) is 71.6 Å². The Kier molecular flexibility index (Phi) is 3.13. The fraction of sp³-hybridized carbons (Fsp3) is 0. The van der Waals surface area contributed by atoms with Crippen molar-refractivity contribution in [3.8, 4) is 0 Å². The number of esters is 1. The van der Waals surface area contributed by atoms with Crippen molar-refractivity contribution in [1.82, 2.24) is 0 Å². The molecule has 0 atom stereocenters. The minimum absolute atomic E-state index is 0.295. The molecule has 0 radical (unpaired) electrons. The Balaban J connectivity index is 1.80. The summed E-state index contributed by atoms with van der Waals surface area (Å²) in [7, 11) is 0. The standard InChI is InChI=1S/C19H12O2S/c20-19-15(12-17(21-19)18-9-4-10-22-18)11-14-7-3-6-13-5-1-2-8-16(13)14/h1-12H/b15-11+. The quantitative estimate of drug-likeness (QED) is 0.498. The van der Waals surface area contributed by atoms with E-state index >= 15 is 0 Å². The molecule has 0 amide bonds. The van der Waals surface area contributed by atoms with E-state index in [4.69, 9.17) is 4.74 Å². The second-order valence-corrected chi connectivity index (χ2v) is 5.99. The summed E-state index contributed by atoms with van der Waals surface area (Å²) in [5, 5.41) is 4.25. The molecule has 1 aliphatic heterocycles. The number of cyclic esters (lactones) is 1. The van der Waals surface area contributed by atoms with Crippen molar-refractivity contribution >= 4 is 39.9 Å². The summed E-state index contributed by atoms with van der Waals surface area (Å²) in [4.78, 5) is 13.0. The predicted molar refractivity (Wildman–Crippen MR) is 90.3 cm³/mol. The van der Waals surface area contributed by atoms with E-state index in [9.17, 15) is 4.79 Å². The number of fused-ring (bicyclic) bond motifs is 1. The average Bonchev–Trinajstić information content (AvgIpc) is 3.18. The summed E-state index contributed by atoms with van der Waals surface area (Å²) in [6.45, 7) is 0. The van der Waals surface area contributed by atoms with Crippen LogP contribution in [0.3, 0.4) is 0 Å². The second kappa shape index (κ2) is 5.28. The first-order chi connectivity index (χ1) is 10.8. The van der Waals surface area contributed by atoms with E-state index in [1.54, 1.807) is 11.3 Å². The van der Waals surface area contributed by atoms with E-state index in [1.165, 1.54) is 0 Å². The maximum Gasteiger partial charge on any atom is 0.343 e. The van der Waals surface area contributed by atoms with E-state index in [0.717, 1.165) is 21.2 Å². The molecule has 0 aliphatic carbocycles. The highest BCUT2D eigenvalue weighted by molar-refractivity contribution is 7.11. The van der Waals surface area contributed by atoms with Crippen LogP contribution in [0.5, 0.6) is 0 Å². The van der Waals surface area contributed by atoms with Crippen molar-refractivity contribution in [3.05, 3.63) is 82.1 Å². The van der Waals surface area contributed by atoms with Crippen molar-refractivity contribution < 1.29 is 9.53 Å². The van der Waals surface area contributed by atoms with Crippen LogP contribution >= 0.6 is 11.3 Å². The lowest BCUT2D eigenvalue weighted by Crippen LogP contribution is -1.96. The Labute approximate surface area is 132 Å². The number of carbonyl (C=O) groups excluding carboxylic acids is 1. The number of ether oxygens (including phenoxy) is 1. The Bertz CT molecular complexity index is 912. The maximum absolute atomic E-state index is 12.1. The van der Waals surface area contributed by atoms with E-state index < -0.39 is 0 Å². The number of carbonyl (C=O) groups is 1. The number of hydrogen-bond donors (Lipinski definition) is 0. The molecule has 2 heterocycles. The first-order valence-corrected chi connectivity index (χ1v) is 7.86. The van der Waals surface area contributed by atoms with Crippen molar-refractivity contribution in [2.24, 2.45) is 0 Å². The van der Waals surface area contributed by atoms with Gasteiger partial charge >= 0.3 is 5.97 Å². The molecule has 2 nitrogen and oxygen atoms in total. The Morgan fingerprint density at radius 2 is 1.82 bits per heavy atom. The summed E-state index contributed by atoms with van der Waals surface area (Å²) in [6.07, 6.45) is 3.71. The molecular weight excluding hydrogens is 292 g/mol. The van der Waals surface area contributed by atoms with Gasteiger partial charge in [0.15, 0.2) is 0 Å². The highest BCUT2D eigenvalue weighted by atomic mass is 32.1. The predicted octanol–water partition coefficient (Wildman–Crippen LogP) is 4.88. The molecule has 1 aliphatic rings. The number of hydrogen-bond acceptors (Lipinski definition) is 3. The van der Waals surface area contributed by atoms with Crippen LogP contribution in [0.1, 0.15) is 10.4 Å². The minimum atomic E-state index is -0.295. The molecule has 4 rings (SSSR count). The molecule has 0 bridgehead atoms. The monoisotopic (exact) mass is 304 g/mol. The van der Waals surface area contributed by atoms with Crippen LogP contribution in [0, 0.1) is 0 Å². The lowest BCUT2D eigenvalue weighted by molar-refractivity contribution is -0.130. The van der Waals surface area contributed by atoms with Crippen LogP contribution < -0.4 is 0 Å². The van der Waals surface area contributed by atoms with E-state index in [2.05, 4.69) is 18.2 Å². The fourth-order valence-corrected chi connectivity index (χ4v) is 3.25. The van der Waals surface area contributed by atoms with Gasteiger partial charge in [0.1, 0.15) is 5.76 Å².